The Bertz CT molecular complexity index is 1520. The summed E-state index contributed by atoms with van der Waals surface area (Å²) in [4.78, 5) is 21.6. The largest absolute Gasteiger partial charge is 0.406 e. The molecule has 0 fully saturated rings. The minimum atomic E-state index is -4.58. The minimum absolute atomic E-state index is 0.0399. The highest BCUT2D eigenvalue weighted by Crippen LogP contribution is 2.23. The predicted octanol–water partition coefficient (Wildman–Crippen LogP) is 2.05. The molecule has 2 N–H and O–H groups in total. The number of pyridine rings is 1. The lowest BCUT2D eigenvalue weighted by molar-refractivity contribution is -0.140. The number of alkyl halides is 3. The Kier molecular flexibility index (Phi) is 6.25. The molecule has 0 atom stereocenters. The summed E-state index contributed by atoms with van der Waals surface area (Å²) in [6.07, 6.45) is -0.456. The highest BCUT2D eigenvalue weighted by atomic mass is 32.2. The predicted molar refractivity (Wildman–Crippen MR) is 121 cm³/mol. The number of hydrogen-bond donors (Lipinski definition) is 1. The first-order valence-electron chi connectivity index (χ1n) is 10.4. The van der Waals surface area contributed by atoms with Gasteiger partial charge in [-0.2, -0.15) is 13.2 Å². The molecule has 1 aromatic carbocycles. The van der Waals surface area contributed by atoms with E-state index in [0.29, 0.717) is 40.9 Å². The van der Waals surface area contributed by atoms with E-state index >= 15 is 0 Å². The zero-order valence-electron chi connectivity index (χ0n) is 18.3. The summed E-state index contributed by atoms with van der Waals surface area (Å²) in [7, 11) is -3.19. The number of rotatable bonds is 8. The van der Waals surface area contributed by atoms with E-state index < -0.39 is 28.2 Å². The molecule has 0 radical (unpaired) electrons. The lowest BCUT2D eigenvalue weighted by Gasteiger charge is -2.10. The topological polar surface area (TPSA) is 118 Å². The van der Waals surface area contributed by atoms with Crippen LogP contribution in [0.3, 0.4) is 0 Å². The first-order valence-corrected chi connectivity index (χ1v) is 12.5. The zero-order valence-corrected chi connectivity index (χ0v) is 19.1. The Morgan fingerprint density at radius 2 is 1.82 bits per heavy atom. The standard InChI is InChI=1S/C21H23F3N6O3S/c1-34(32,33)8-2-7-28-16-4-3-14(10-25)9-15(16)27-19(28)12-29-18-11-26-6-5-17(18)30(20(29)31)13-21(22,23)24/h3-6,9,11H,2,7-8,10,12-13,25H2,1H3. The Balaban J connectivity index is 1.82. The van der Waals surface area contributed by atoms with Crippen molar-refractivity contribution in [3.63, 3.8) is 0 Å². The lowest BCUT2D eigenvalue weighted by atomic mass is 10.2. The first kappa shape index (κ1) is 24.0. The fourth-order valence-corrected chi connectivity index (χ4v) is 4.65. The van der Waals surface area contributed by atoms with Crippen LogP contribution in [0, 0.1) is 0 Å². The minimum Gasteiger partial charge on any atom is -0.326 e. The molecule has 34 heavy (non-hydrogen) atoms. The summed E-state index contributed by atoms with van der Waals surface area (Å²) in [5.74, 6) is 0.372. The van der Waals surface area contributed by atoms with Crippen LogP contribution in [0.5, 0.6) is 0 Å². The smallest absolute Gasteiger partial charge is 0.326 e. The normalized spacial score (nSPS) is 12.7. The van der Waals surface area contributed by atoms with Crippen LogP contribution in [0.2, 0.25) is 0 Å². The van der Waals surface area contributed by atoms with Gasteiger partial charge < -0.3 is 10.3 Å². The molecule has 9 nitrogen and oxygen atoms in total. The van der Waals surface area contributed by atoms with Gasteiger partial charge in [0.05, 0.1) is 40.6 Å². The van der Waals surface area contributed by atoms with Crippen molar-refractivity contribution in [2.45, 2.75) is 38.8 Å². The van der Waals surface area contributed by atoms with Gasteiger partial charge in [-0.05, 0) is 30.2 Å². The molecule has 0 saturated heterocycles. The molecule has 0 amide bonds. The molecule has 13 heteroatoms. The van der Waals surface area contributed by atoms with Crippen LogP contribution in [0.25, 0.3) is 22.1 Å². The number of aryl methyl sites for hydroxylation is 1. The molecular formula is C21H23F3N6O3S. The van der Waals surface area contributed by atoms with E-state index in [2.05, 4.69) is 9.97 Å². The number of nitrogens with zero attached hydrogens (tertiary/aromatic N) is 5. The molecule has 0 bridgehead atoms. The Hall–Kier alpha value is -3.19. The quantitative estimate of drug-likeness (QED) is 0.399. The number of nitrogens with two attached hydrogens (primary N) is 1. The monoisotopic (exact) mass is 496 g/mol. The summed E-state index contributed by atoms with van der Waals surface area (Å²) in [5, 5.41) is 0. The number of sulfone groups is 1. The van der Waals surface area contributed by atoms with Crippen molar-refractivity contribution in [1.29, 1.82) is 0 Å². The highest BCUT2D eigenvalue weighted by Gasteiger charge is 2.31. The van der Waals surface area contributed by atoms with E-state index in [1.54, 1.807) is 10.6 Å². The van der Waals surface area contributed by atoms with Gasteiger partial charge in [-0.25, -0.2) is 18.2 Å². The van der Waals surface area contributed by atoms with Crippen LogP contribution in [0.4, 0.5) is 13.2 Å². The van der Waals surface area contributed by atoms with Crippen molar-refractivity contribution >= 4 is 31.9 Å². The Morgan fingerprint density at radius 1 is 1.06 bits per heavy atom. The second-order valence-corrected chi connectivity index (χ2v) is 10.4. The van der Waals surface area contributed by atoms with Gasteiger partial charge in [0.1, 0.15) is 22.2 Å². The molecule has 0 aliphatic heterocycles. The maximum absolute atomic E-state index is 13.1. The number of halogens is 3. The van der Waals surface area contributed by atoms with Gasteiger partial charge in [-0.15, -0.1) is 0 Å². The Labute approximate surface area is 192 Å². The summed E-state index contributed by atoms with van der Waals surface area (Å²) in [5.41, 5.74) is 7.40. The molecule has 0 aliphatic rings. The highest BCUT2D eigenvalue weighted by molar-refractivity contribution is 7.90. The molecule has 4 rings (SSSR count). The van der Waals surface area contributed by atoms with Crippen molar-refractivity contribution in [3.05, 3.63) is 58.5 Å². The van der Waals surface area contributed by atoms with Crippen LogP contribution in [0.1, 0.15) is 17.8 Å². The molecule has 0 spiro atoms. The van der Waals surface area contributed by atoms with Gasteiger partial charge in [-0.1, -0.05) is 6.07 Å². The molecule has 182 valence electrons. The number of hydrogen-bond acceptors (Lipinski definition) is 6. The summed E-state index contributed by atoms with van der Waals surface area (Å²) >= 11 is 0. The van der Waals surface area contributed by atoms with Crippen LogP contribution >= 0.6 is 0 Å². The Morgan fingerprint density at radius 3 is 2.50 bits per heavy atom. The fourth-order valence-electron chi connectivity index (χ4n) is 4.00. The van der Waals surface area contributed by atoms with E-state index in [1.165, 1.54) is 23.0 Å². The molecule has 3 aromatic heterocycles. The second-order valence-electron chi connectivity index (χ2n) is 8.12. The van der Waals surface area contributed by atoms with Gasteiger partial charge in [0.25, 0.3) is 0 Å². The van der Waals surface area contributed by atoms with Crippen molar-refractivity contribution < 1.29 is 21.6 Å². The van der Waals surface area contributed by atoms with Crippen LogP contribution < -0.4 is 11.4 Å². The van der Waals surface area contributed by atoms with Gasteiger partial charge in [0.15, 0.2) is 0 Å². The summed E-state index contributed by atoms with van der Waals surface area (Å²) in [6, 6.07) is 6.79. The molecular weight excluding hydrogens is 473 g/mol. The lowest BCUT2D eigenvalue weighted by Crippen LogP contribution is -2.30. The van der Waals surface area contributed by atoms with Gasteiger partial charge in [-0.3, -0.25) is 14.1 Å². The van der Waals surface area contributed by atoms with Crippen molar-refractivity contribution in [2.75, 3.05) is 12.0 Å². The molecule has 0 aliphatic carbocycles. The third kappa shape index (κ3) is 4.99. The van der Waals surface area contributed by atoms with E-state index in [4.69, 9.17) is 5.73 Å². The van der Waals surface area contributed by atoms with E-state index in [1.807, 2.05) is 12.1 Å². The van der Waals surface area contributed by atoms with Crippen molar-refractivity contribution in [1.82, 2.24) is 23.7 Å². The molecule has 0 saturated carbocycles. The summed E-state index contributed by atoms with van der Waals surface area (Å²) < 4.78 is 66.3. The van der Waals surface area contributed by atoms with Crippen LogP contribution in [-0.2, 0) is 36.0 Å². The van der Waals surface area contributed by atoms with E-state index in [9.17, 15) is 26.4 Å². The van der Waals surface area contributed by atoms with Crippen molar-refractivity contribution in [2.24, 2.45) is 5.73 Å². The number of imidazole rings is 2. The zero-order chi connectivity index (χ0) is 24.7. The first-order chi connectivity index (χ1) is 16.0. The maximum atomic E-state index is 13.1. The van der Waals surface area contributed by atoms with E-state index in [0.717, 1.165) is 11.8 Å². The van der Waals surface area contributed by atoms with Gasteiger partial charge >= 0.3 is 11.9 Å². The SMILES string of the molecule is CS(=O)(=O)CCCn1c(Cn2c(=O)n(CC(F)(F)F)c3ccncc32)nc2cc(CN)ccc21. The average molecular weight is 497 g/mol. The molecule has 4 aromatic rings. The average Bonchev–Trinajstić information content (AvgIpc) is 3.22. The third-order valence-electron chi connectivity index (χ3n) is 5.48. The fraction of sp³-hybridized carbons (Fsp3) is 0.381. The van der Waals surface area contributed by atoms with E-state index in [-0.39, 0.29) is 23.3 Å². The molecule has 0 unspecified atom stereocenters. The maximum Gasteiger partial charge on any atom is 0.406 e. The molecule has 3 heterocycles. The number of fused-ring (bicyclic) bond motifs is 2. The summed E-state index contributed by atoms with van der Waals surface area (Å²) in [6.45, 7) is -0.946. The van der Waals surface area contributed by atoms with Gasteiger partial charge in [0.2, 0.25) is 0 Å². The van der Waals surface area contributed by atoms with Crippen LogP contribution in [0.15, 0.2) is 41.5 Å². The number of aromatic nitrogens is 5. The van der Waals surface area contributed by atoms with Crippen molar-refractivity contribution in [3.8, 4) is 0 Å². The van der Waals surface area contributed by atoms with Gasteiger partial charge in [0, 0.05) is 25.5 Å². The third-order valence-corrected chi connectivity index (χ3v) is 6.51. The number of benzene rings is 1. The second kappa shape index (κ2) is 8.87. The van der Waals surface area contributed by atoms with Crippen LogP contribution in [-0.4, -0.2) is 50.3 Å².